The minimum Gasteiger partial charge on any atom is -0.307 e. The van der Waals surface area contributed by atoms with Crippen LogP contribution in [0, 0.1) is 17.2 Å². The van der Waals surface area contributed by atoms with E-state index in [1.165, 1.54) is 0 Å². The van der Waals surface area contributed by atoms with Crippen molar-refractivity contribution in [3.05, 3.63) is 60.9 Å². The van der Waals surface area contributed by atoms with Gasteiger partial charge in [0.15, 0.2) is 0 Å². The number of halogens is 2. The van der Waals surface area contributed by atoms with Gasteiger partial charge in [-0.15, -0.1) is 0 Å². The van der Waals surface area contributed by atoms with Crippen LogP contribution in [0.4, 0.5) is 8.78 Å². The van der Waals surface area contributed by atoms with Crippen molar-refractivity contribution >= 4 is 5.65 Å². The van der Waals surface area contributed by atoms with Gasteiger partial charge in [-0.1, -0.05) is 0 Å². The minimum atomic E-state index is -1.38. The molecule has 0 bridgehead atoms. The molecule has 4 aromatic heterocycles. The summed E-state index contributed by atoms with van der Waals surface area (Å²) in [5, 5.41) is 13.7. The second-order valence-corrected chi connectivity index (χ2v) is 7.63. The normalized spacial score (nSPS) is 19.4. The zero-order chi connectivity index (χ0) is 20.7. The number of nitrogens with zero attached hydrogens (tertiary/aromatic N) is 6. The number of aromatic nitrogens is 5. The fraction of sp³-hybridized carbons (Fsp3) is 0.273. The summed E-state index contributed by atoms with van der Waals surface area (Å²) < 4.78 is 30.6. The van der Waals surface area contributed by atoms with E-state index in [0.717, 1.165) is 22.3 Å². The molecule has 1 aliphatic rings. The van der Waals surface area contributed by atoms with Crippen molar-refractivity contribution in [2.45, 2.75) is 31.7 Å². The number of hydrogen-bond acceptors (Lipinski definition) is 4. The summed E-state index contributed by atoms with van der Waals surface area (Å²) >= 11 is 0. The highest BCUT2D eigenvalue weighted by Gasteiger charge is 2.34. The van der Waals surface area contributed by atoms with Crippen LogP contribution in [0.25, 0.3) is 28.0 Å². The van der Waals surface area contributed by atoms with Crippen LogP contribution < -0.4 is 0 Å². The lowest BCUT2D eigenvalue weighted by atomic mass is 10.0. The molecule has 150 valence electrons. The van der Waals surface area contributed by atoms with Crippen LogP contribution in [0.1, 0.15) is 18.5 Å². The van der Waals surface area contributed by atoms with E-state index >= 15 is 0 Å². The van der Waals surface area contributed by atoms with Gasteiger partial charge in [0.2, 0.25) is 0 Å². The molecule has 0 amide bonds. The van der Waals surface area contributed by atoms with Crippen LogP contribution >= 0.6 is 0 Å². The van der Waals surface area contributed by atoms with Crippen molar-refractivity contribution in [1.82, 2.24) is 24.1 Å². The number of alkyl halides is 2. The maximum Gasteiger partial charge on any atom is 0.141 e. The summed E-state index contributed by atoms with van der Waals surface area (Å²) in [6.45, 7) is 0.472. The highest BCUT2D eigenvalue weighted by molar-refractivity contribution is 5.81. The lowest BCUT2D eigenvalue weighted by Gasteiger charge is -2.09. The van der Waals surface area contributed by atoms with E-state index in [9.17, 15) is 14.0 Å². The van der Waals surface area contributed by atoms with E-state index in [0.29, 0.717) is 17.9 Å². The molecule has 0 spiro atoms. The third kappa shape index (κ3) is 3.32. The van der Waals surface area contributed by atoms with Crippen molar-refractivity contribution in [1.29, 1.82) is 5.26 Å². The number of pyridine rings is 2. The van der Waals surface area contributed by atoms with Gasteiger partial charge >= 0.3 is 0 Å². The predicted octanol–water partition coefficient (Wildman–Crippen LogP) is 4.22. The SMILES string of the molecule is N#Cc1ccc(-c2cnn(CC3C[C@H](F)[C@@H](F)C3)c2)c(-c2ccn3ccnc3c2)n1. The van der Waals surface area contributed by atoms with Crippen LogP contribution in [0.5, 0.6) is 0 Å². The maximum atomic E-state index is 13.5. The van der Waals surface area contributed by atoms with Crippen molar-refractivity contribution < 1.29 is 8.78 Å². The van der Waals surface area contributed by atoms with Gasteiger partial charge in [-0.2, -0.15) is 10.4 Å². The molecule has 1 aliphatic carbocycles. The summed E-state index contributed by atoms with van der Waals surface area (Å²) in [6.07, 6.45) is 6.75. The first-order valence-electron chi connectivity index (χ1n) is 9.76. The molecule has 0 saturated heterocycles. The number of nitriles is 1. The van der Waals surface area contributed by atoms with Gasteiger partial charge in [0.1, 0.15) is 29.8 Å². The highest BCUT2D eigenvalue weighted by Crippen LogP contribution is 2.34. The first kappa shape index (κ1) is 18.4. The van der Waals surface area contributed by atoms with Crippen LogP contribution in [0.3, 0.4) is 0 Å². The molecule has 4 heterocycles. The molecule has 0 aromatic carbocycles. The smallest absolute Gasteiger partial charge is 0.141 e. The van der Waals surface area contributed by atoms with Gasteiger partial charge < -0.3 is 4.40 Å². The Bertz CT molecular complexity index is 1240. The van der Waals surface area contributed by atoms with Crippen molar-refractivity contribution in [2.75, 3.05) is 0 Å². The van der Waals surface area contributed by atoms with Gasteiger partial charge in [0.05, 0.1) is 11.9 Å². The molecule has 30 heavy (non-hydrogen) atoms. The molecular weight excluding hydrogens is 386 g/mol. The quantitative estimate of drug-likeness (QED) is 0.511. The zero-order valence-electron chi connectivity index (χ0n) is 16.0. The second kappa shape index (κ2) is 7.34. The summed E-state index contributed by atoms with van der Waals surface area (Å²) in [5.41, 5.74) is 4.25. The second-order valence-electron chi connectivity index (χ2n) is 7.63. The van der Waals surface area contributed by atoms with Gasteiger partial charge in [0.25, 0.3) is 0 Å². The Balaban J connectivity index is 1.50. The molecule has 0 radical (unpaired) electrons. The minimum absolute atomic E-state index is 0.0656. The Labute approximate surface area is 171 Å². The molecule has 5 rings (SSSR count). The van der Waals surface area contributed by atoms with Crippen LogP contribution in [-0.2, 0) is 6.54 Å². The molecule has 0 unspecified atom stereocenters. The summed E-state index contributed by atoms with van der Waals surface area (Å²) in [5.74, 6) is -0.0656. The van der Waals surface area contributed by atoms with E-state index in [4.69, 9.17) is 0 Å². The Morgan fingerprint density at radius 2 is 1.93 bits per heavy atom. The van der Waals surface area contributed by atoms with Crippen molar-refractivity contribution in [3.63, 3.8) is 0 Å². The molecular formula is C22H18F2N6. The largest absolute Gasteiger partial charge is 0.307 e. The molecule has 1 fully saturated rings. The Kier molecular flexibility index (Phi) is 4.51. The van der Waals surface area contributed by atoms with Crippen LogP contribution in [0.15, 0.2) is 55.2 Å². The van der Waals surface area contributed by atoms with Crippen LogP contribution in [-0.4, -0.2) is 36.5 Å². The van der Waals surface area contributed by atoms with E-state index in [1.807, 2.05) is 41.2 Å². The maximum absolute atomic E-state index is 13.5. The van der Waals surface area contributed by atoms with Gasteiger partial charge in [-0.3, -0.25) is 4.68 Å². The number of imidazole rings is 1. The monoisotopic (exact) mass is 404 g/mol. The number of rotatable bonds is 4. The Morgan fingerprint density at radius 3 is 2.73 bits per heavy atom. The molecule has 0 N–H and O–H groups in total. The standard InChI is InChI=1S/C22H18F2N6/c23-19-7-14(8-20(19)24)12-30-13-16(11-27-30)18-2-1-17(10-25)28-22(18)15-3-5-29-6-4-26-21(29)9-15/h1-6,9,11,13-14,19-20H,7-8,12H2/t19-,20-/m0/s1. The molecule has 6 nitrogen and oxygen atoms in total. The zero-order valence-corrected chi connectivity index (χ0v) is 16.0. The van der Waals surface area contributed by atoms with Crippen molar-refractivity contribution in [3.8, 4) is 28.5 Å². The third-order valence-corrected chi connectivity index (χ3v) is 5.58. The van der Waals surface area contributed by atoms with Gasteiger partial charge in [0, 0.05) is 48.0 Å². The first-order chi connectivity index (χ1) is 14.6. The Hall–Kier alpha value is -3.60. The average Bonchev–Trinajstić information content (AvgIpc) is 3.48. The molecule has 8 heteroatoms. The number of hydrogen-bond donors (Lipinski definition) is 0. The van der Waals surface area contributed by atoms with Crippen molar-refractivity contribution in [2.24, 2.45) is 5.92 Å². The van der Waals surface area contributed by atoms with E-state index in [2.05, 4.69) is 21.1 Å². The molecule has 1 saturated carbocycles. The van der Waals surface area contributed by atoms with Crippen LogP contribution in [0.2, 0.25) is 0 Å². The summed E-state index contributed by atoms with van der Waals surface area (Å²) in [4.78, 5) is 8.84. The molecule has 2 atom stereocenters. The topological polar surface area (TPSA) is 71.8 Å². The predicted molar refractivity (Wildman–Crippen MR) is 107 cm³/mol. The number of fused-ring (bicyclic) bond motifs is 1. The highest BCUT2D eigenvalue weighted by atomic mass is 19.2. The molecule has 0 aliphatic heterocycles. The lowest BCUT2D eigenvalue weighted by molar-refractivity contribution is 0.199. The average molecular weight is 404 g/mol. The van der Waals surface area contributed by atoms with E-state index < -0.39 is 12.3 Å². The van der Waals surface area contributed by atoms with E-state index in [1.54, 1.807) is 23.1 Å². The van der Waals surface area contributed by atoms with E-state index in [-0.39, 0.29) is 18.8 Å². The fourth-order valence-electron chi connectivity index (χ4n) is 4.08. The fourth-order valence-corrected chi connectivity index (χ4v) is 4.08. The summed E-state index contributed by atoms with van der Waals surface area (Å²) in [6, 6.07) is 9.44. The van der Waals surface area contributed by atoms with Gasteiger partial charge in [-0.05, 0) is 43.0 Å². The summed E-state index contributed by atoms with van der Waals surface area (Å²) in [7, 11) is 0. The Morgan fingerprint density at radius 1 is 1.10 bits per heavy atom. The lowest BCUT2D eigenvalue weighted by Crippen LogP contribution is -2.08. The van der Waals surface area contributed by atoms with Gasteiger partial charge in [-0.25, -0.2) is 18.7 Å². The molecule has 4 aromatic rings. The first-order valence-corrected chi connectivity index (χ1v) is 9.76. The third-order valence-electron chi connectivity index (χ3n) is 5.58.